The van der Waals surface area contributed by atoms with Crippen molar-refractivity contribution in [3.63, 3.8) is 0 Å². The summed E-state index contributed by atoms with van der Waals surface area (Å²) in [4.78, 5) is 25.6. The predicted octanol–water partition coefficient (Wildman–Crippen LogP) is 3.08. The summed E-state index contributed by atoms with van der Waals surface area (Å²) >= 11 is 1.42. The Kier molecular flexibility index (Phi) is 5.98. The van der Waals surface area contributed by atoms with Gasteiger partial charge >= 0.3 is 0 Å². The van der Waals surface area contributed by atoms with Crippen molar-refractivity contribution in [2.75, 3.05) is 6.61 Å². The summed E-state index contributed by atoms with van der Waals surface area (Å²) in [5.41, 5.74) is 7.96. The first-order valence-corrected chi connectivity index (χ1v) is 8.61. The van der Waals surface area contributed by atoms with Gasteiger partial charge in [0.05, 0.1) is 4.88 Å². The highest BCUT2D eigenvalue weighted by Gasteiger charge is 2.13. The first-order valence-electron chi connectivity index (χ1n) is 7.79. The maximum atomic E-state index is 12.0. The van der Waals surface area contributed by atoms with Crippen LogP contribution in [-0.4, -0.2) is 18.4 Å². The quantitative estimate of drug-likeness (QED) is 0.818. The first kappa shape index (κ1) is 18.0. The van der Waals surface area contributed by atoms with Gasteiger partial charge in [0.1, 0.15) is 5.75 Å². The van der Waals surface area contributed by atoms with Crippen LogP contribution in [0.25, 0.3) is 0 Å². The number of hydrogen-bond donors (Lipinski definition) is 2. The maximum Gasteiger partial charge on any atom is 0.279 e. The van der Waals surface area contributed by atoms with Crippen LogP contribution in [0, 0.1) is 20.8 Å². The summed E-state index contributed by atoms with van der Waals surface area (Å²) in [5, 5.41) is 0. The molecule has 1 aromatic heterocycles. The fraction of sp³-hybridized carbons (Fsp3) is 0.333. The molecule has 0 fully saturated rings. The molecule has 24 heavy (non-hydrogen) atoms. The average Bonchev–Trinajstić information content (AvgIpc) is 2.94. The van der Waals surface area contributed by atoms with Gasteiger partial charge in [-0.1, -0.05) is 19.1 Å². The SMILES string of the molecule is CCc1cc(C(=O)NNC(=O)COc2cc(C)ccc2C)sc1C. The van der Waals surface area contributed by atoms with Crippen molar-refractivity contribution in [3.8, 4) is 5.75 Å². The summed E-state index contributed by atoms with van der Waals surface area (Å²) in [7, 11) is 0. The van der Waals surface area contributed by atoms with E-state index in [1.54, 1.807) is 0 Å². The molecule has 0 saturated carbocycles. The second-order valence-corrected chi connectivity index (χ2v) is 6.86. The van der Waals surface area contributed by atoms with Crippen LogP contribution >= 0.6 is 11.3 Å². The lowest BCUT2D eigenvalue weighted by atomic mass is 10.1. The molecule has 1 aromatic carbocycles. The topological polar surface area (TPSA) is 67.4 Å². The Morgan fingerprint density at radius 2 is 1.88 bits per heavy atom. The molecule has 6 heteroatoms. The molecular formula is C18H22N2O3S. The predicted molar refractivity (Wildman–Crippen MR) is 95.5 cm³/mol. The highest BCUT2D eigenvalue weighted by molar-refractivity contribution is 7.14. The van der Waals surface area contributed by atoms with Crippen molar-refractivity contribution in [1.82, 2.24) is 10.9 Å². The third kappa shape index (κ3) is 4.58. The second kappa shape index (κ2) is 7.97. The Morgan fingerprint density at radius 3 is 2.54 bits per heavy atom. The zero-order valence-electron chi connectivity index (χ0n) is 14.4. The highest BCUT2D eigenvalue weighted by atomic mass is 32.1. The van der Waals surface area contributed by atoms with E-state index in [0.29, 0.717) is 10.6 Å². The van der Waals surface area contributed by atoms with Gasteiger partial charge in [0.25, 0.3) is 11.8 Å². The van der Waals surface area contributed by atoms with E-state index in [1.165, 1.54) is 11.3 Å². The summed E-state index contributed by atoms with van der Waals surface area (Å²) in [6, 6.07) is 7.65. The molecule has 128 valence electrons. The number of carbonyl (C=O) groups is 2. The molecule has 0 aliphatic heterocycles. The van der Waals surface area contributed by atoms with Gasteiger partial charge < -0.3 is 4.74 Å². The number of hydrogen-bond acceptors (Lipinski definition) is 4. The van der Waals surface area contributed by atoms with Crippen molar-refractivity contribution < 1.29 is 14.3 Å². The molecule has 1 heterocycles. The molecule has 0 atom stereocenters. The van der Waals surface area contributed by atoms with E-state index in [0.717, 1.165) is 28.0 Å². The Labute approximate surface area is 146 Å². The lowest BCUT2D eigenvalue weighted by Crippen LogP contribution is -2.43. The summed E-state index contributed by atoms with van der Waals surface area (Å²) < 4.78 is 5.50. The van der Waals surface area contributed by atoms with Gasteiger partial charge in [-0.05, 0) is 56.0 Å². The molecule has 0 aliphatic carbocycles. The number of thiophene rings is 1. The van der Waals surface area contributed by atoms with Gasteiger partial charge in [0.15, 0.2) is 6.61 Å². The number of rotatable bonds is 5. The summed E-state index contributed by atoms with van der Waals surface area (Å²) in [6.07, 6.45) is 0.881. The van der Waals surface area contributed by atoms with Gasteiger partial charge in [-0.25, -0.2) is 0 Å². The minimum absolute atomic E-state index is 0.158. The molecule has 2 aromatic rings. The van der Waals surface area contributed by atoms with Crippen LogP contribution in [0.5, 0.6) is 5.75 Å². The molecular weight excluding hydrogens is 324 g/mol. The zero-order valence-corrected chi connectivity index (χ0v) is 15.2. The summed E-state index contributed by atoms with van der Waals surface area (Å²) in [6.45, 7) is 7.74. The molecule has 5 nitrogen and oxygen atoms in total. The van der Waals surface area contributed by atoms with E-state index in [-0.39, 0.29) is 12.5 Å². The lowest BCUT2D eigenvalue weighted by Gasteiger charge is -2.10. The first-order chi connectivity index (χ1) is 11.4. The van der Waals surface area contributed by atoms with Gasteiger partial charge in [-0.3, -0.25) is 20.4 Å². The lowest BCUT2D eigenvalue weighted by molar-refractivity contribution is -0.123. The monoisotopic (exact) mass is 346 g/mol. The van der Waals surface area contributed by atoms with E-state index in [9.17, 15) is 9.59 Å². The van der Waals surface area contributed by atoms with Crippen LogP contribution in [0.4, 0.5) is 0 Å². The van der Waals surface area contributed by atoms with Crippen molar-refractivity contribution in [2.24, 2.45) is 0 Å². The Morgan fingerprint density at radius 1 is 1.12 bits per heavy atom. The maximum absolute atomic E-state index is 12.0. The van der Waals surface area contributed by atoms with E-state index < -0.39 is 5.91 Å². The van der Waals surface area contributed by atoms with Crippen molar-refractivity contribution >= 4 is 23.2 Å². The Balaban J connectivity index is 1.84. The van der Waals surface area contributed by atoms with Crippen LogP contribution in [0.1, 0.15) is 38.2 Å². The highest BCUT2D eigenvalue weighted by Crippen LogP contribution is 2.21. The van der Waals surface area contributed by atoms with E-state index in [1.807, 2.05) is 52.0 Å². The van der Waals surface area contributed by atoms with Crippen LogP contribution in [-0.2, 0) is 11.2 Å². The van der Waals surface area contributed by atoms with Crippen molar-refractivity contribution in [2.45, 2.75) is 34.1 Å². The number of carbonyl (C=O) groups excluding carboxylic acids is 2. The summed E-state index contributed by atoms with van der Waals surface area (Å²) in [5.74, 6) is -0.0610. The minimum atomic E-state index is -0.409. The number of nitrogens with one attached hydrogen (secondary N) is 2. The molecule has 0 bridgehead atoms. The fourth-order valence-corrected chi connectivity index (χ4v) is 3.22. The molecule has 2 N–H and O–H groups in total. The van der Waals surface area contributed by atoms with E-state index in [4.69, 9.17) is 4.74 Å². The fourth-order valence-electron chi connectivity index (χ4n) is 2.21. The Hall–Kier alpha value is -2.34. The third-order valence-corrected chi connectivity index (χ3v) is 4.73. The van der Waals surface area contributed by atoms with Crippen LogP contribution in [0.15, 0.2) is 24.3 Å². The van der Waals surface area contributed by atoms with Crippen molar-refractivity contribution in [1.29, 1.82) is 0 Å². The molecule has 0 saturated heterocycles. The van der Waals surface area contributed by atoms with Crippen molar-refractivity contribution in [3.05, 3.63) is 50.7 Å². The van der Waals surface area contributed by atoms with Crippen LogP contribution < -0.4 is 15.6 Å². The van der Waals surface area contributed by atoms with Gasteiger partial charge in [0, 0.05) is 4.88 Å². The third-order valence-electron chi connectivity index (χ3n) is 3.64. The largest absolute Gasteiger partial charge is 0.483 e. The number of benzene rings is 1. The molecule has 0 aliphatic rings. The molecule has 2 rings (SSSR count). The number of aryl methyl sites for hydroxylation is 4. The number of ether oxygens (including phenoxy) is 1. The zero-order chi connectivity index (χ0) is 17.7. The van der Waals surface area contributed by atoms with E-state index in [2.05, 4.69) is 10.9 Å². The van der Waals surface area contributed by atoms with Crippen LogP contribution in [0.2, 0.25) is 0 Å². The molecule has 0 unspecified atom stereocenters. The van der Waals surface area contributed by atoms with Crippen LogP contribution in [0.3, 0.4) is 0 Å². The standard InChI is InChI=1S/C18H22N2O3S/c1-5-14-9-16(24-13(14)4)18(22)20-19-17(21)10-23-15-8-11(2)6-7-12(15)3/h6-9H,5,10H2,1-4H3,(H,19,21)(H,20,22). The van der Waals surface area contributed by atoms with Gasteiger partial charge in [-0.15, -0.1) is 11.3 Å². The number of hydrazine groups is 1. The molecule has 0 spiro atoms. The van der Waals surface area contributed by atoms with E-state index >= 15 is 0 Å². The average molecular weight is 346 g/mol. The smallest absolute Gasteiger partial charge is 0.279 e. The van der Waals surface area contributed by atoms with Gasteiger partial charge in [-0.2, -0.15) is 0 Å². The molecule has 0 radical (unpaired) electrons. The van der Waals surface area contributed by atoms with Gasteiger partial charge in [0.2, 0.25) is 0 Å². The number of amides is 2. The second-order valence-electron chi connectivity index (χ2n) is 5.61. The normalized spacial score (nSPS) is 10.3. The Bertz CT molecular complexity index is 753. The minimum Gasteiger partial charge on any atom is -0.483 e. The molecule has 2 amide bonds.